The Morgan fingerprint density at radius 1 is 1.30 bits per heavy atom. The van der Waals surface area contributed by atoms with Gasteiger partial charge in [0.05, 0.1) is 39.2 Å². The van der Waals surface area contributed by atoms with Crippen molar-refractivity contribution in [1.82, 2.24) is 4.57 Å². The molecule has 0 unspecified atom stereocenters. The summed E-state index contributed by atoms with van der Waals surface area (Å²) < 4.78 is 20.9. The van der Waals surface area contributed by atoms with Crippen molar-refractivity contribution in [2.24, 2.45) is 4.99 Å². The number of esters is 1. The maximum absolute atomic E-state index is 13.9. The van der Waals surface area contributed by atoms with Gasteiger partial charge in [0.15, 0.2) is 4.80 Å². The van der Waals surface area contributed by atoms with E-state index in [9.17, 15) is 9.59 Å². The predicted octanol–water partition coefficient (Wildman–Crippen LogP) is 4.96. The van der Waals surface area contributed by atoms with E-state index < -0.39 is 12.0 Å². The zero-order valence-corrected chi connectivity index (χ0v) is 25.6. The third kappa shape index (κ3) is 5.56. The maximum atomic E-state index is 13.9. The molecule has 4 rings (SSSR count). The number of halogens is 2. The Hall–Kier alpha value is -2.44. The van der Waals surface area contributed by atoms with Gasteiger partial charge >= 0.3 is 5.97 Å². The third-order valence-corrected chi connectivity index (χ3v) is 7.86. The number of carbonyl (C=O) groups is 1. The van der Waals surface area contributed by atoms with E-state index in [-0.39, 0.29) is 18.3 Å². The highest BCUT2D eigenvalue weighted by atomic mass is 127. The Labute approximate surface area is 240 Å². The van der Waals surface area contributed by atoms with Crippen LogP contribution in [0.5, 0.6) is 11.5 Å². The van der Waals surface area contributed by atoms with Crippen molar-refractivity contribution in [2.75, 3.05) is 13.7 Å². The molecule has 0 amide bonds. The molecule has 37 heavy (non-hydrogen) atoms. The molecule has 1 aliphatic heterocycles. The van der Waals surface area contributed by atoms with Gasteiger partial charge in [-0.3, -0.25) is 9.36 Å². The summed E-state index contributed by atoms with van der Waals surface area (Å²) in [6.45, 7) is 7.59. The summed E-state index contributed by atoms with van der Waals surface area (Å²) in [7, 11) is 1.60. The van der Waals surface area contributed by atoms with Crippen molar-refractivity contribution in [3.05, 3.63) is 86.5 Å². The average molecular weight is 697 g/mol. The summed E-state index contributed by atoms with van der Waals surface area (Å²) >= 11 is 6.99. The summed E-state index contributed by atoms with van der Waals surface area (Å²) in [4.78, 5) is 32.3. The van der Waals surface area contributed by atoms with Gasteiger partial charge in [-0.05, 0) is 74.6 Å². The third-order valence-electron chi connectivity index (χ3n) is 5.62. The number of hydrogen-bond donors (Lipinski definition) is 0. The maximum Gasteiger partial charge on any atom is 0.338 e. The fraction of sp³-hybridized carbons (Fsp3) is 0.296. The first-order valence-corrected chi connectivity index (χ1v) is 14.3. The van der Waals surface area contributed by atoms with E-state index in [4.69, 9.17) is 14.2 Å². The minimum absolute atomic E-state index is 0.0976. The van der Waals surface area contributed by atoms with Gasteiger partial charge in [0.1, 0.15) is 17.5 Å². The minimum Gasteiger partial charge on any atom is -0.495 e. The smallest absolute Gasteiger partial charge is 0.338 e. The Morgan fingerprint density at radius 3 is 2.70 bits per heavy atom. The largest absolute Gasteiger partial charge is 0.495 e. The highest BCUT2D eigenvalue weighted by Gasteiger charge is 2.35. The highest BCUT2D eigenvalue weighted by Crippen LogP contribution is 2.36. The van der Waals surface area contributed by atoms with Crippen LogP contribution in [0.1, 0.15) is 44.9 Å². The lowest BCUT2D eigenvalue weighted by Gasteiger charge is -2.26. The number of hydrogen-bond acceptors (Lipinski definition) is 7. The van der Waals surface area contributed by atoms with Crippen LogP contribution in [-0.4, -0.2) is 30.4 Å². The molecule has 194 valence electrons. The Morgan fingerprint density at radius 2 is 2.03 bits per heavy atom. The van der Waals surface area contributed by atoms with E-state index in [0.717, 1.165) is 13.6 Å². The molecule has 2 heterocycles. The van der Waals surface area contributed by atoms with Crippen molar-refractivity contribution in [2.45, 2.75) is 39.8 Å². The molecule has 0 fully saturated rings. The highest BCUT2D eigenvalue weighted by molar-refractivity contribution is 14.1. The van der Waals surface area contributed by atoms with Crippen molar-refractivity contribution < 1.29 is 19.0 Å². The lowest BCUT2D eigenvalue weighted by atomic mass is 9.95. The molecular weight excluding hydrogens is 671 g/mol. The molecule has 0 bridgehead atoms. The van der Waals surface area contributed by atoms with Crippen LogP contribution in [0.25, 0.3) is 6.08 Å². The predicted molar refractivity (Wildman–Crippen MR) is 156 cm³/mol. The summed E-state index contributed by atoms with van der Waals surface area (Å²) in [5.74, 6) is 0.757. The Balaban J connectivity index is 2.01. The van der Waals surface area contributed by atoms with Crippen molar-refractivity contribution >= 4 is 61.9 Å². The Bertz CT molecular complexity index is 1570. The molecule has 7 nitrogen and oxygen atoms in total. The zero-order chi connectivity index (χ0) is 26.9. The van der Waals surface area contributed by atoms with Gasteiger partial charge in [-0.2, -0.15) is 0 Å². The number of fused-ring (bicyclic) bond motifs is 1. The molecule has 0 N–H and O–H groups in total. The van der Waals surface area contributed by atoms with Crippen LogP contribution >= 0.6 is 49.9 Å². The number of nitrogens with zero attached hydrogens (tertiary/aromatic N) is 2. The van der Waals surface area contributed by atoms with Crippen LogP contribution in [-0.2, 0) is 9.53 Å². The van der Waals surface area contributed by atoms with Gasteiger partial charge in [0, 0.05) is 15.6 Å². The van der Waals surface area contributed by atoms with Crippen LogP contribution < -0.4 is 24.4 Å². The molecule has 10 heteroatoms. The van der Waals surface area contributed by atoms with E-state index in [0.29, 0.717) is 37.7 Å². The van der Waals surface area contributed by atoms with Crippen molar-refractivity contribution in [1.29, 1.82) is 0 Å². The van der Waals surface area contributed by atoms with Crippen LogP contribution in [0.15, 0.2) is 61.9 Å². The molecule has 1 atom stereocenters. The molecule has 0 spiro atoms. The first-order valence-electron chi connectivity index (χ1n) is 11.6. The van der Waals surface area contributed by atoms with Crippen LogP contribution in [0.3, 0.4) is 0 Å². The second kappa shape index (κ2) is 11.5. The summed E-state index contributed by atoms with van der Waals surface area (Å²) in [6, 6.07) is 10.5. The number of rotatable bonds is 7. The number of methoxy groups -OCH3 is 1. The SMILES string of the molecule is CCOC(=O)C1=C(C)N=c2s/c(=C\c3cc(Br)cc(I)c3OC)c(=O)n2[C@H]1c1ccccc1OC(C)C. The molecule has 1 aliphatic rings. The van der Waals surface area contributed by atoms with Gasteiger partial charge in [0.2, 0.25) is 0 Å². The van der Waals surface area contributed by atoms with E-state index >= 15 is 0 Å². The number of ether oxygens (including phenoxy) is 3. The van der Waals surface area contributed by atoms with Crippen LogP contribution in [0.2, 0.25) is 0 Å². The monoisotopic (exact) mass is 696 g/mol. The molecule has 0 radical (unpaired) electrons. The lowest BCUT2D eigenvalue weighted by Crippen LogP contribution is -2.40. The molecule has 0 saturated heterocycles. The fourth-order valence-corrected chi connectivity index (χ4v) is 7.01. The molecule has 0 saturated carbocycles. The summed E-state index contributed by atoms with van der Waals surface area (Å²) in [5.41, 5.74) is 2.00. The van der Waals surface area contributed by atoms with E-state index in [1.807, 2.05) is 50.2 Å². The van der Waals surface area contributed by atoms with Gasteiger partial charge in [-0.15, -0.1) is 0 Å². The van der Waals surface area contributed by atoms with E-state index in [1.165, 1.54) is 11.3 Å². The second-order valence-electron chi connectivity index (χ2n) is 8.52. The van der Waals surface area contributed by atoms with Gasteiger partial charge < -0.3 is 14.2 Å². The van der Waals surface area contributed by atoms with E-state index in [1.54, 1.807) is 31.6 Å². The van der Waals surface area contributed by atoms with Crippen molar-refractivity contribution in [3.8, 4) is 11.5 Å². The second-order valence-corrected chi connectivity index (χ2v) is 11.6. The Kier molecular flexibility index (Phi) is 8.59. The summed E-state index contributed by atoms with van der Waals surface area (Å²) in [5, 5.41) is 0. The standard InChI is InChI=1S/C27H26BrIN2O5S/c1-6-35-26(33)22-15(4)30-27-31(23(22)18-9-7-8-10-20(18)36-14(2)3)25(32)21(37-27)12-16-11-17(28)13-19(29)24(16)34-5/h7-14,23H,6H2,1-5H3/b21-12-/t23-/m0/s1. The normalized spacial score (nSPS) is 15.5. The quantitative estimate of drug-likeness (QED) is 0.258. The fourth-order valence-electron chi connectivity index (χ4n) is 4.20. The first kappa shape index (κ1) is 27.6. The molecule has 3 aromatic rings. The number of thiazole rings is 1. The molecular formula is C27H26BrIN2O5S. The average Bonchev–Trinajstić information content (AvgIpc) is 3.12. The number of para-hydroxylation sites is 1. The number of aromatic nitrogens is 1. The first-order chi connectivity index (χ1) is 17.7. The number of carbonyl (C=O) groups excluding carboxylic acids is 1. The minimum atomic E-state index is -0.753. The topological polar surface area (TPSA) is 79.1 Å². The molecule has 0 aliphatic carbocycles. The molecule has 1 aromatic heterocycles. The van der Waals surface area contributed by atoms with Crippen LogP contribution in [0, 0.1) is 3.57 Å². The lowest BCUT2D eigenvalue weighted by molar-refractivity contribution is -0.139. The zero-order valence-electron chi connectivity index (χ0n) is 21.0. The number of benzene rings is 2. The van der Waals surface area contributed by atoms with Gasteiger partial charge in [-0.1, -0.05) is 45.5 Å². The summed E-state index contributed by atoms with van der Waals surface area (Å²) in [6.07, 6.45) is 1.70. The number of allylic oxidation sites excluding steroid dienone is 1. The van der Waals surface area contributed by atoms with E-state index in [2.05, 4.69) is 43.5 Å². The van der Waals surface area contributed by atoms with Gasteiger partial charge in [0.25, 0.3) is 5.56 Å². The van der Waals surface area contributed by atoms with Gasteiger partial charge in [-0.25, -0.2) is 9.79 Å². The van der Waals surface area contributed by atoms with Crippen LogP contribution in [0.4, 0.5) is 0 Å². The molecule has 2 aromatic carbocycles. The van der Waals surface area contributed by atoms with Crippen molar-refractivity contribution in [3.63, 3.8) is 0 Å².